The van der Waals surface area contributed by atoms with Gasteiger partial charge in [-0.25, -0.2) is 4.39 Å². The van der Waals surface area contributed by atoms with E-state index in [1.165, 1.54) is 24.3 Å². The van der Waals surface area contributed by atoms with Crippen molar-refractivity contribution >= 4 is 11.9 Å². The van der Waals surface area contributed by atoms with Crippen molar-refractivity contribution in [3.8, 4) is 0 Å². The van der Waals surface area contributed by atoms with Crippen molar-refractivity contribution in [2.45, 2.75) is 32.2 Å². The van der Waals surface area contributed by atoms with Crippen LogP contribution in [0, 0.1) is 5.82 Å². The molecule has 0 aromatic heterocycles. The molecule has 6 heteroatoms. The standard InChI is InChI=1S/C15H20FNO4/c1-2-3-8-21-10-14(18)17-13(9-15(19)20)11-4-6-12(16)7-5-11/h4-7,13H,2-3,8-10H2,1H3,(H,17,18)(H,19,20). The molecule has 0 aliphatic heterocycles. The fraction of sp³-hybridized carbons (Fsp3) is 0.467. The number of unbranched alkanes of at least 4 members (excludes halogenated alkanes) is 1. The van der Waals surface area contributed by atoms with Crippen molar-refractivity contribution in [3.63, 3.8) is 0 Å². The van der Waals surface area contributed by atoms with E-state index in [1.807, 2.05) is 6.92 Å². The Hall–Kier alpha value is -1.95. The summed E-state index contributed by atoms with van der Waals surface area (Å²) in [7, 11) is 0. The van der Waals surface area contributed by atoms with E-state index in [1.54, 1.807) is 0 Å². The average Bonchev–Trinajstić information content (AvgIpc) is 2.43. The lowest BCUT2D eigenvalue weighted by molar-refractivity contribution is -0.138. The van der Waals surface area contributed by atoms with Gasteiger partial charge in [-0.3, -0.25) is 9.59 Å². The van der Waals surface area contributed by atoms with Crippen molar-refractivity contribution in [3.05, 3.63) is 35.6 Å². The second kappa shape index (κ2) is 9.07. The van der Waals surface area contributed by atoms with Crippen LogP contribution in [-0.2, 0) is 14.3 Å². The van der Waals surface area contributed by atoms with Crippen LogP contribution in [0.2, 0.25) is 0 Å². The van der Waals surface area contributed by atoms with E-state index in [-0.39, 0.29) is 18.9 Å². The Labute approximate surface area is 123 Å². The SMILES string of the molecule is CCCCOCC(=O)NC(CC(=O)O)c1ccc(F)cc1. The monoisotopic (exact) mass is 297 g/mol. The lowest BCUT2D eigenvalue weighted by Gasteiger charge is -2.17. The number of benzene rings is 1. The molecule has 0 bridgehead atoms. The number of amides is 1. The van der Waals surface area contributed by atoms with Gasteiger partial charge in [-0.05, 0) is 24.1 Å². The molecule has 0 saturated carbocycles. The van der Waals surface area contributed by atoms with Gasteiger partial charge in [0.05, 0.1) is 12.5 Å². The maximum absolute atomic E-state index is 12.9. The number of nitrogens with one attached hydrogen (secondary N) is 1. The molecule has 116 valence electrons. The number of hydrogen-bond donors (Lipinski definition) is 2. The number of carboxylic acid groups (broad SMARTS) is 1. The lowest BCUT2D eigenvalue weighted by atomic mass is 10.0. The molecule has 1 amide bonds. The van der Waals surface area contributed by atoms with E-state index in [0.29, 0.717) is 12.2 Å². The zero-order valence-electron chi connectivity index (χ0n) is 12.0. The molecular weight excluding hydrogens is 277 g/mol. The van der Waals surface area contributed by atoms with E-state index in [9.17, 15) is 14.0 Å². The Morgan fingerprint density at radius 2 is 2.00 bits per heavy atom. The predicted octanol–water partition coefficient (Wildman–Crippen LogP) is 2.27. The molecule has 0 aliphatic rings. The quantitative estimate of drug-likeness (QED) is 0.686. The van der Waals surface area contributed by atoms with E-state index >= 15 is 0 Å². The van der Waals surface area contributed by atoms with Crippen LogP contribution >= 0.6 is 0 Å². The first-order chi connectivity index (χ1) is 10.0. The number of ether oxygens (including phenoxy) is 1. The van der Waals surface area contributed by atoms with Gasteiger partial charge in [0, 0.05) is 6.61 Å². The van der Waals surface area contributed by atoms with E-state index < -0.39 is 17.8 Å². The molecule has 5 nitrogen and oxygen atoms in total. The number of aliphatic carboxylic acids is 1. The van der Waals surface area contributed by atoms with Gasteiger partial charge in [-0.15, -0.1) is 0 Å². The number of carbonyl (C=O) groups is 2. The Bertz CT molecular complexity index is 461. The van der Waals surface area contributed by atoms with Gasteiger partial charge in [-0.1, -0.05) is 25.5 Å². The third-order valence-electron chi connectivity index (χ3n) is 2.86. The first kappa shape index (κ1) is 17.1. The zero-order valence-corrected chi connectivity index (χ0v) is 12.0. The van der Waals surface area contributed by atoms with Crippen LogP contribution in [0.1, 0.15) is 37.8 Å². The summed E-state index contributed by atoms with van der Waals surface area (Å²) < 4.78 is 18.1. The van der Waals surface area contributed by atoms with E-state index in [4.69, 9.17) is 9.84 Å². The highest BCUT2D eigenvalue weighted by Crippen LogP contribution is 2.17. The summed E-state index contributed by atoms with van der Waals surface area (Å²) in [4.78, 5) is 22.6. The highest BCUT2D eigenvalue weighted by Gasteiger charge is 2.18. The molecule has 0 radical (unpaired) electrons. The molecule has 0 fully saturated rings. The number of carbonyl (C=O) groups excluding carboxylic acids is 1. The third kappa shape index (κ3) is 6.85. The highest BCUT2D eigenvalue weighted by atomic mass is 19.1. The minimum absolute atomic E-state index is 0.114. The topological polar surface area (TPSA) is 75.6 Å². The molecule has 0 aliphatic carbocycles. The second-order valence-electron chi connectivity index (χ2n) is 4.68. The molecule has 1 atom stereocenters. The maximum atomic E-state index is 12.9. The van der Waals surface area contributed by atoms with E-state index in [0.717, 1.165) is 12.8 Å². The van der Waals surface area contributed by atoms with Crippen LogP contribution in [0.3, 0.4) is 0 Å². The molecule has 0 saturated heterocycles. The van der Waals surface area contributed by atoms with Crippen molar-refractivity contribution in [2.24, 2.45) is 0 Å². The summed E-state index contributed by atoms with van der Waals surface area (Å²) in [5.74, 6) is -1.85. The Kier molecular flexibility index (Phi) is 7.39. The Balaban J connectivity index is 2.59. The molecule has 1 rings (SSSR count). The van der Waals surface area contributed by atoms with Crippen molar-refractivity contribution < 1.29 is 23.8 Å². The van der Waals surface area contributed by atoms with Gasteiger partial charge < -0.3 is 15.2 Å². The molecule has 1 aromatic rings. The van der Waals surface area contributed by atoms with Crippen LogP contribution in [0.5, 0.6) is 0 Å². The summed E-state index contributed by atoms with van der Waals surface area (Å²) >= 11 is 0. The fourth-order valence-electron chi connectivity index (χ4n) is 1.77. The first-order valence-corrected chi connectivity index (χ1v) is 6.87. The number of rotatable bonds is 9. The minimum atomic E-state index is -1.04. The summed E-state index contributed by atoms with van der Waals surface area (Å²) in [6, 6.07) is 4.68. The summed E-state index contributed by atoms with van der Waals surface area (Å²) in [5.41, 5.74) is 0.542. The van der Waals surface area contributed by atoms with Gasteiger partial charge in [0.15, 0.2) is 0 Å². The van der Waals surface area contributed by atoms with Gasteiger partial charge in [0.25, 0.3) is 0 Å². The molecule has 2 N–H and O–H groups in total. The molecule has 0 spiro atoms. The van der Waals surface area contributed by atoms with Crippen LogP contribution in [0.15, 0.2) is 24.3 Å². The largest absolute Gasteiger partial charge is 0.481 e. The van der Waals surface area contributed by atoms with Crippen LogP contribution < -0.4 is 5.32 Å². The Morgan fingerprint density at radius 1 is 1.33 bits per heavy atom. The lowest BCUT2D eigenvalue weighted by Crippen LogP contribution is -2.33. The average molecular weight is 297 g/mol. The molecule has 0 heterocycles. The summed E-state index contributed by atoms with van der Waals surface area (Å²) in [6.07, 6.45) is 1.56. The van der Waals surface area contributed by atoms with E-state index in [2.05, 4.69) is 5.32 Å². The van der Waals surface area contributed by atoms with Crippen molar-refractivity contribution in [2.75, 3.05) is 13.2 Å². The minimum Gasteiger partial charge on any atom is -0.481 e. The molecule has 1 aromatic carbocycles. The molecular formula is C15H20FNO4. The normalized spacial score (nSPS) is 11.9. The third-order valence-corrected chi connectivity index (χ3v) is 2.86. The highest BCUT2D eigenvalue weighted by molar-refractivity contribution is 5.78. The van der Waals surface area contributed by atoms with Gasteiger partial charge in [-0.2, -0.15) is 0 Å². The van der Waals surface area contributed by atoms with Crippen LogP contribution in [-0.4, -0.2) is 30.2 Å². The van der Waals surface area contributed by atoms with Crippen molar-refractivity contribution in [1.29, 1.82) is 0 Å². The van der Waals surface area contributed by atoms with Crippen molar-refractivity contribution in [1.82, 2.24) is 5.32 Å². The van der Waals surface area contributed by atoms with Gasteiger partial charge >= 0.3 is 5.97 Å². The summed E-state index contributed by atoms with van der Waals surface area (Å²) in [5, 5.41) is 11.5. The molecule has 1 unspecified atom stereocenters. The second-order valence-corrected chi connectivity index (χ2v) is 4.68. The molecule has 21 heavy (non-hydrogen) atoms. The maximum Gasteiger partial charge on any atom is 0.305 e. The van der Waals surface area contributed by atoms with Crippen LogP contribution in [0.4, 0.5) is 4.39 Å². The van der Waals surface area contributed by atoms with Gasteiger partial charge in [0.1, 0.15) is 12.4 Å². The Morgan fingerprint density at radius 3 is 2.57 bits per heavy atom. The summed E-state index contributed by atoms with van der Waals surface area (Å²) in [6.45, 7) is 2.39. The number of carboxylic acids is 1. The number of hydrogen-bond acceptors (Lipinski definition) is 3. The number of halogens is 1. The zero-order chi connectivity index (χ0) is 15.7. The predicted molar refractivity (Wildman–Crippen MR) is 75.3 cm³/mol. The van der Waals surface area contributed by atoms with Crippen LogP contribution in [0.25, 0.3) is 0 Å². The smallest absolute Gasteiger partial charge is 0.305 e. The van der Waals surface area contributed by atoms with Gasteiger partial charge in [0.2, 0.25) is 5.91 Å². The first-order valence-electron chi connectivity index (χ1n) is 6.87. The fourth-order valence-corrected chi connectivity index (χ4v) is 1.77.